The summed E-state index contributed by atoms with van der Waals surface area (Å²) in [6.07, 6.45) is 3.59. The van der Waals surface area contributed by atoms with Gasteiger partial charge in [0.25, 0.3) is 0 Å². The Balaban J connectivity index is 1.51. The molecule has 2 rings (SSSR count). The number of aromatic hydroxyl groups is 1. The van der Waals surface area contributed by atoms with E-state index >= 15 is 0 Å². The van der Waals surface area contributed by atoms with Gasteiger partial charge >= 0.3 is 5.69 Å². The van der Waals surface area contributed by atoms with E-state index in [0.717, 1.165) is 11.4 Å². The van der Waals surface area contributed by atoms with Crippen LogP contribution in [-0.4, -0.2) is 45.7 Å². The zero-order chi connectivity index (χ0) is 22.5. The van der Waals surface area contributed by atoms with E-state index in [9.17, 15) is 24.8 Å². The number of carbonyl (C=O) groups excluding carboxylic acids is 2. The molecule has 9 nitrogen and oxygen atoms in total. The molecule has 0 aliphatic heterocycles. The van der Waals surface area contributed by atoms with Gasteiger partial charge in [-0.3, -0.25) is 19.7 Å². The molecule has 3 N–H and O–H groups in total. The highest BCUT2D eigenvalue weighted by Crippen LogP contribution is 2.29. The Morgan fingerprint density at radius 1 is 1.10 bits per heavy atom. The number of amides is 2. The Hall–Kier alpha value is -2.79. The zero-order valence-electron chi connectivity index (χ0n) is 16.8. The second kappa shape index (κ2) is 13.5. The highest BCUT2D eigenvalue weighted by atomic mass is 33.1. The fourth-order valence-corrected chi connectivity index (χ4v) is 4.37. The molecule has 0 fully saturated rings. The van der Waals surface area contributed by atoms with Crippen molar-refractivity contribution in [1.82, 2.24) is 15.6 Å². The third kappa shape index (κ3) is 9.71. The van der Waals surface area contributed by atoms with Crippen LogP contribution in [0.15, 0.2) is 47.6 Å². The number of unbranched alkanes of at least 4 members (excludes halogenated alkanes) is 1. The van der Waals surface area contributed by atoms with Gasteiger partial charge < -0.3 is 15.7 Å². The lowest BCUT2D eigenvalue weighted by Crippen LogP contribution is -2.28. The molecule has 0 spiro atoms. The van der Waals surface area contributed by atoms with Crippen LogP contribution in [0, 0.1) is 10.1 Å². The van der Waals surface area contributed by atoms with Crippen molar-refractivity contribution in [3.8, 4) is 5.75 Å². The molecule has 1 aromatic heterocycles. The van der Waals surface area contributed by atoms with Crippen LogP contribution in [-0.2, 0) is 16.0 Å². The largest absolute Gasteiger partial charge is 0.502 e. The van der Waals surface area contributed by atoms with Crippen LogP contribution in [0.1, 0.15) is 24.8 Å². The molecule has 2 amide bonds. The first-order valence-corrected chi connectivity index (χ1v) is 12.0. The number of nitro groups is 1. The molecular weight excluding hydrogens is 440 g/mol. The van der Waals surface area contributed by atoms with Crippen molar-refractivity contribution >= 4 is 39.1 Å². The number of nitrogens with zero attached hydrogens (tertiary/aromatic N) is 2. The summed E-state index contributed by atoms with van der Waals surface area (Å²) < 4.78 is 0. The highest BCUT2D eigenvalue weighted by molar-refractivity contribution is 8.76. The van der Waals surface area contributed by atoms with Crippen molar-refractivity contribution in [2.24, 2.45) is 0 Å². The Bertz CT molecular complexity index is 883. The van der Waals surface area contributed by atoms with Gasteiger partial charge in [0.15, 0.2) is 5.75 Å². The summed E-state index contributed by atoms with van der Waals surface area (Å²) in [7, 11) is 3.13. The first-order valence-electron chi connectivity index (χ1n) is 9.66. The average molecular weight is 465 g/mol. The Morgan fingerprint density at radius 3 is 2.52 bits per heavy atom. The van der Waals surface area contributed by atoms with Gasteiger partial charge in [-0.05, 0) is 47.4 Å². The predicted molar refractivity (Wildman–Crippen MR) is 121 cm³/mol. The number of nitrogens with one attached hydrogen (secondary N) is 2. The maximum Gasteiger partial charge on any atom is 0.310 e. The standard InChI is InChI=1S/C20H24N4O5S2/c25-17-7-6-15(13-16(17)24(28)29)14-19(27)22-10-4-3-9-21-18(26)8-12-30-31-20-5-1-2-11-23-20/h1-2,5-7,11,13,25H,3-4,8-10,12,14H2,(H,21,26)(H,22,27). The fraction of sp³-hybridized carbons (Fsp3) is 0.350. The number of phenolic OH excluding ortho intramolecular Hbond substituents is 1. The monoisotopic (exact) mass is 464 g/mol. The van der Waals surface area contributed by atoms with E-state index < -0.39 is 16.4 Å². The first-order chi connectivity index (χ1) is 15.0. The molecule has 31 heavy (non-hydrogen) atoms. The van der Waals surface area contributed by atoms with Crippen LogP contribution in [0.2, 0.25) is 0 Å². The van der Waals surface area contributed by atoms with Crippen LogP contribution >= 0.6 is 21.6 Å². The van der Waals surface area contributed by atoms with E-state index in [2.05, 4.69) is 15.6 Å². The van der Waals surface area contributed by atoms with E-state index in [1.54, 1.807) is 27.8 Å². The second-order valence-electron chi connectivity index (χ2n) is 6.49. The van der Waals surface area contributed by atoms with Crippen LogP contribution in [0.25, 0.3) is 0 Å². The minimum Gasteiger partial charge on any atom is -0.502 e. The van der Waals surface area contributed by atoms with E-state index in [1.807, 2.05) is 18.2 Å². The van der Waals surface area contributed by atoms with E-state index in [0.29, 0.717) is 37.2 Å². The van der Waals surface area contributed by atoms with Crippen LogP contribution < -0.4 is 10.6 Å². The Kier molecular flexibility index (Phi) is 10.7. The molecule has 0 saturated heterocycles. The number of hydrogen-bond donors (Lipinski definition) is 3. The number of nitro benzene ring substituents is 1. The molecule has 0 aliphatic rings. The number of phenols is 1. The molecule has 0 saturated carbocycles. The normalized spacial score (nSPS) is 10.5. The number of aromatic nitrogens is 1. The quantitative estimate of drug-likeness (QED) is 0.178. The summed E-state index contributed by atoms with van der Waals surface area (Å²) in [6, 6.07) is 9.58. The minimum atomic E-state index is -0.691. The molecule has 0 aliphatic carbocycles. The third-order valence-electron chi connectivity index (χ3n) is 4.04. The van der Waals surface area contributed by atoms with Gasteiger partial charge in [-0.15, -0.1) is 0 Å². The van der Waals surface area contributed by atoms with E-state index in [1.165, 1.54) is 18.2 Å². The summed E-state index contributed by atoms with van der Waals surface area (Å²) >= 11 is 0. The minimum absolute atomic E-state index is 0.00733. The summed E-state index contributed by atoms with van der Waals surface area (Å²) in [5.74, 6) is -0.00116. The summed E-state index contributed by atoms with van der Waals surface area (Å²) in [4.78, 5) is 38.1. The maximum atomic E-state index is 11.9. The molecule has 1 heterocycles. The molecule has 0 unspecified atom stereocenters. The molecule has 0 bridgehead atoms. The van der Waals surface area contributed by atoms with Crippen molar-refractivity contribution in [1.29, 1.82) is 0 Å². The molecule has 2 aromatic rings. The Labute approximate surface area is 188 Å². The van der Waals surface area contributed by atoms with E-state index in [4.69, 9.17) is 0 Å². The first kappa shape index (κ1) is 24.5. The van der Waals surface area contributed by atoms with Crippen molar-refractivity contribution in [2.75, 3.05) is 18.8 Å². The second-order valence-corrected chi connectivity index (χ2v) is 8.92. The molecule has 166 valence electrons. The zero-order valence-corrected chi connectivity index (χ0v) is 18.4. The summed E-state index contributed by atoms with van der Waals surface area (Å²) in [5.41, 5.74) is 0.0307. The SMILES string of the molecule is O=C(CCSSc1ccccn1)NCCCCNC(=O)Cc1ccc(O)c([N+](=O)[O-])c1. The number of rotatable bonds is 13. The summed E-state index contributed by atoms with van der Waals surface area (Å²) in [6.45, 7) is 0.988. The third-order valence-corrected chi connectivity index (χ3v) is 6.31. The number of benzene rings is 1. The van der Waals surface area contributed by atoms with Gasteiger partial charge in [-0.1, -0.05) is 22.9 Å². The smallest absolute Gasteiger partial charge is 0.310 e. The predicted octanol–water partition coefficient (Wildman–Crippen LogP) is 3.08. The van der Waals surface area contributed by atoms with Crippen LogP contribution in [0.5, 0.6) is 5.75 Å². The van der Waals surface area contributed by atoms with Crippen molar-refractivity contribution < 1.29 is 19.6 Å². The van der Waals surface area contributed by atoms with Crippen molar-refractivity contribution in [2.45, 2.75) is 30.7 Å². The maximum absolute atomic E-state index is 11.9. The topological polar surface area (TPSA) is 134 Å². The summed E-state index contributed by atoms with van der Waals surface area (Å²) in [5, 5.41) is 26.8. The number of carbonyl (C=O) groups is 2. The Morgan fingerprint density at radius 2 is 1.84 bits per heavy atom. The van der Waals surface area contributed by atoms with E-state index in [-0.39, 0.29) is 18.2 Å². The lowest BCUT2D eigenvalue weighted by Gasteiger charge is -2.07. The van der Waals surface area contributed by atoms with Gasteiger partial charge in [0.1, 0.15) is 5.03 Å². The fourth-order valence-electron chi connectivity index (χ4n) is 2.50. The van der Waals surface area contributed by atoms with Crippen LogP contribution in [0.4, 0.5) is 5.69 Å². The van der Waals surface area contributed by atoms with Gasteiger partial charge in [-0.25, -0.2) is 4.98 Å². The van der Waals surface area contributed by atoms with Gasteiger partial charge in [-0.2, -0.15) is 0 Å². The van der Waals surface area contributed by atoms with Gasteiger partial charge in [0.2, 0.25) is 11.8 Å². The molecule has 11 heteroatoms. The van der Waals surface area contributed by atoms with Crippen molar-refractivity contribution in [3.05, 3.63) is 58.3 Å². The lowest BCUT2D eigenvalue weighted by molar-refractivity contribution is -0.385. The molecular formula is C20H24N4O5S2. The molecule has 0 radical (unpaired) electrons. The highest BCUT2D eigenvalue weighted by Gasteiger charge is 2.14. The number of pyridine rings is 1. The number of hydrogen-bond acceptors (Lipinski definition) is 8. The lowest BCUT2D eigenvalue weighted by atomic mass is 10.1. The molecule has 0 atom stereocenters. The van der Waals surface area contributed by atoms with Crippen molar-refractivity contribution in [3.63, 3.8) is 0 Å². The molecule has 1 aromatic carbocycles. The van der Waals surface area contributed by atoms with Gasteiger partial charge in [0.05, 0.1) is 11.3 Å². The van der Waals surface area contributed by atoms with Crippen LogP contribution in [0.3, 0.4) is 0 Å². The van der Waals surface area contributed by atoms with Gasteiger partial charge in [0, 0.05) is 37.5 Å². The average Bonchev–Trinajstić information content (AvgIpc) is 2.75.